The molecule has 106 valence electrons. The predicted molar refractivity (Wildman–Crippen MR) is 79.2 cm³/mol. The molecule has 4 nitrogen and oxygen atoms in total. The quantitative estimate of drug-likeness (QED) is 0.878. The van der Waals surface area contributed by atoms with Crippen molar-refractivity contribution in [2.45, 2.75) is 26.1 Å². The Bertz CT molecular complexity index is 642. The van der Waals surface area contributed by atoms with Gasteiger partial charge in [0.05, 0.1) is 12.2 Å². The lowest BCUT2D eigenvalue weighted by Crippen LogP contribution is -2.48. The van der Waals surface area contributed by atoms with Crippen LogP contribution >= 0.6 is 11.6 Å². The number of aromatic nitrogens is 1. The maximum atomic E-state index is 12.6. The fourth-order valence-electron chi connectivity index (χ4n) is 2.73. The summed E-state index contributed by atoms with van der Waals surface area (Å²) < 4.78 is 5.66. The van der Waals surface area contributed by atoms with Crippen molar-refractivity contribution in [3.63, 3.8) is 0 Å². The van der Waals surface area contributed by atoms with Crippen molar-refractivity contribution in [3.05, 3.63) is 35.0 Å². The summed E-state index contributed by atoms with van der Waals surface area (Å²) in [6.45, 7) is 5.22. The standard InChI is InChI=1S/C15H17ClN2O2/c1-9-7-18(8-10(2)20-9)15(19)14-6-11-5-12(16)3-4-13(11)17-14/h3-6,9-10,17H,7-8H2,1-2H3/t9-,10-/m0/s1. The van der Waals surface area contributed by atoms with E-state index in [2.05, 4.69) is 4.98 Å². The Kier molecular flexibility index (Phi) is 3.44. The van der Waals surface area contributed by atoms with Crippen molar-refractivity contribution in [2.75, 3.05) is 13.1 Å². The number of nitrogens with one attached hydrogen (secondary N) is 1. The maximum Gasteiger partial charge on any atom is 0.270 e. The van der Waals surface area contributed by atoms with Gasteiger partial charge in [-0.05, 0) is 38.1 Å². The molecule has 0 radical (unpaired) electrons. The van der Waals surface area contributed by atoms with Gasteiger partial charge in [0.15, 0.2) is 0 Å². The maximum absolute atomic E-state index is 12.6. The zero-order valence-electron chi connectivity index (χ0n) is 11.5. The Morgan fingerprint density at radius 2 is 2.00 bits per heavy atom. The van der Waals surface area contributed by atoms with Gasteiger partial charge in [-0.25, -0.2) is 0 Å². The van der Waals surface area contributed by atoms with Crippen molar-refractivity contribution in [2.24, 2.45) is 0 Å². The zero-order chi connectivity index (χ0) is 14.3. The van der Waals surface area contributed by atoms with Gasteiger partial charge >= 0.3 is 0 Å². The molecule has 5 heteroatoms. The average molecular weight is 293 g/mol. The SMILES string of the molecule is C[C@H]1CN(C(=O)c2cc3cc(Cl)ccc3[nH]2)C[C@H](C)O1. The number of rotatable bonds is 1. The Morgan fingerprint density at radius 1 is 1.30 bits per heavy atom. The van der Waals surface area contributed by atoms with Crippen LogP contribution in [0.4, 0.5) is 0 Å². The van der Waals surface area contributed by atoms with Crippen LogP contribution in [0.1, 0.15) is 24.3 Å². The number of amides is 1. The highest BCUT2D eigenvalue weighted by Gasteiger charge is 2.27. The molecular formula is C15H17ClN2O2. The summed E-state index contributed by atoms with van der Waals surface area (Å²) >= 11 is 5.97. The number of carbonyl (C=O) groups excluding carboxylic acids is 1. The molecule has 1 amide bonds. The summed E-state index contributed by atoms with van der Waals surface area (Å²) in [5, 5.41) is 1.62. The summed E-state index contributed by atoms with van der Waals surface area (Å²) in [5.74, 6) is 0.0133. The van der Waals surface area contributed by atoms with E-state index in [-0.39, 0.29) is 18.1 Å². The normalized spacial score (nSPS) is 23.2. The van der Waals surface area contributed by atoms with E-state index >= 15 is 0 Å². The molecule has 0 unspecified atom stereocenters. The van der Waals surface area contributed by atoms with Gasteiger partial charge in [-0.2, -0.15) is 0 Å². The molecule has 20 heavy (non-hydrogen) atoms. The first-order valence-electron chi connectivity index (χ1n) is 6.76. The molecule has 1 aliphatic rings. The largest absolute Gasteiger partial charge is 0.372 e. The highest BCUT2D eigenvalue weighted by molar-refractivity contribution is 6.31. The number of morpholine rings is 1. The lowest BCUT2D eigenvalue weighted by atomic mass is 10.2. The van der Waals surface area contributed by atoms with Gasteiger partial charge in [0.2, 0.25) is 0 Å². The Morgan fingerprint density at radius 3 is 2.70 bits per heavy atom. The van der Waals surface area contributed by atoms with Crippen molar-refractivity contribution in [1.82, 2.24) is 9.88 Å². The van der Waals surface area contributed by atoms with Crippen LogP contribution in [-0.2, 0) is 4.74 Å². The minimum Gasteiger partial charge on any atom is -0.372 e. The van der Waals surface area contributed by atoms with E-state index in [0.717, 1.165) is 10.9 Å². The molecule has 0 bridgehead atoms. The monoisotopic (exact) mass is 292 g/mol. The second-order valence-corrected chi connectivity index (χ2v) is 5.82. The van der Waals surface area contributed by atoms with E-state index in [9.17, 15) is 4.79 Å². The third kappa shape index (κ3) is 2.53. The molecule has 2 aromatic rings. The second kappa shape index (κ2) is 5.11. The van der Waals surface area contributed by atoms with Crippen LogP contribution in [0.3, 0.4) is 0 Å². The summed E-state index contributed by atoms with van der Waals surface area (Å²) in [7, 11) is 0. The Balaban J connectivity index is 1.88. The molecule has 2 heterocycles. The van der Waals surface area contributed by atoms with Gasteiger partial charge in [-0.1, -0.05) is 11.6 Å². The number of nitrogens with zero attached hydrogens (tertiary/aromatic N) is 1. The minimum absolute atomic E-state index is 0.0133. The highest BCUT2D eigenvalue weighted by Crippen LogP contribution is 2.22. The van der Waals surface area contributed by atoms with Gasteiger partial charge < -0.3 is 14.6 Å². The van der Waals surface area contributed by atoms with Crippen LogP contribution in [0.2, 0.25) is 5.02 Å². The van der Waals surface area contributed by atoms with Crippen molar-refractivity contribution in [3.8, 4) is 0 Å². The molecule has 1 fully saturated rings. The molecule has 1 N–H and O–H groups in total. The van der Waals surface area contributed by atoms with Crippen molar-refractivity contribution in [1.29, 1.82) is 0 Å². The fraction of sp³-hybridized carbons (Fsp3) is 0.400. The second-order valence-electron chi connectivity index (χ2n) is 5.38. The highest BCUT2D eigenvalue weighted by atomic mass is 35.5. The summed E-state index contributed by atoms with van der Waals surface area (Å²) in [6, 6.07) is 7.41. The van der Waals surface area contributed by atoms with Gasteiger partial charge in [0, 0.05) is 29.0 Å². The molecule has 2 atom stereocenters. The van der Waals surface area contributed by atoms with E-state index in [1.165, 1.54) is 0 Å². The van der Waals surface area contributed by atoms with E-state index in [1.54, 1.807) is 0 Å². The van der Waals surface area contributed by atoms with E-state index in [0.29, 0.717) is 23.8 Å². The molecule has 1 aromatic carbocycles. The first kappa shape index (κ1) is 13.5. The number of hydrogen-bond acceptors (Lipinski definition) is 2. The number of hydrogen-bond donors (Lipinski definition) is 1. The van der Waals surface area contributed by atoms with Gasteiger partial charge in [-0.15, -0.1) is 0 Å². The van der Waals surface area contributed by atoms with Crippen molar-refractivity contribution < 1.29 is 9.53 Å². The first-order chi connectivity index (χ1) is 9.52. The van der Waals surface area contributed by atoms with Crippen LogP contribution in [0.25, 0.3) is 10.9 Å². The van der Waals surface area contributed by atoms with Crippen LogP contribution in [0.5, 0.6) is 0 Å². The molecule has 3 rings (SSSR count). The van der Waals surface area contributed by atoms with Crippen LogP contribution in [-0.4, -0.2) is 41.1 Å². The van der Waals surface area contributed by atoms with Crippen LogP contribution < -0.4 is 0 Å². The number of ether oxygens (including phenoxy) is 1. The van der Waals surface area contributed by atoms with E-state index in [4.69, 9.17) is 16.3 Å². The van der Waals surface area contributed by atoms with Crippen LogP contribution in [0, 0.1) is 0 Å². The Hall–Kier alpha value is -1.52. The van der Waals surface area contributed by atoms with Gasteiger partial charge in [0.25, 0.3) is 5.91 Å². The fourth-order valence-corrected chi connectivity index (χ4v) is 2.91. The number of benzene rings is 1. The summed E-state index contributed by atoms with van der Waals surface area (Å²) in [5.41, 5.74) is 1.52. The number of halogens is 1. The third-order valence-electron chi connectivity index (χ3n) is 3.52. The molecule has 1 saturated heterocycles. The van der Waals surface area contributed by atoms with Crippen LogP contribution in [0.15, 0.2) is 24.3 Å². The molecule has 1 aliphatic heterocycles. The summed E-state index contributed by atoms with van der Waals surface area (Å²) in [6.07, 6.45) is 0.142. The van der Waals surface area contributed by atoms with Crippen molar-refractivity contribution >= 4 is 28.4 Å². The molecule has 0 aliphatic carbocycles. The average Bonchev–Trinajstić information content (AvgIpc) is 2.79. The number of fused-ring (bicyclic) bond motifs is 1. The molecule has 0 saturated carbocycles. The lowest BCUT2D eigenvalue weighted by Gasteiger charge is -2.35. The zero-order valence-corrected chi connectivity index (χ0v) is 12.3. The molecular weight excluding hydrogens is 276 g/mol. The minimum atomic E-state index is 0.0133. The first-order valence-corrected chi connectivity index (χ1v) is 7.14. The number of aromatic amines is 1. The number of carbonyl (C=O) groups is 1. The summed E-state index contributed by atoms with van der Waals surface area (Å²) in [4.78, 5) is 17.5. The molecule has 1 aromatic heterocycles. The predicted octanol–water partition coefficient (Wildman–Crippen LogP) is 3.07. The van der Waals surface area contributed by atoms with E-state index in [1.807, 2.05) is 43.0 Å². The number of H-pyrrole nitrogens is 1. The molecule has 0 spiro atoms. The van der Waals surface area contributed by atoms with E-state index < -0.39 is 0 Å². The Labute approximate surface area is 122 Å². The lowest BCUT2D eigenvalue weighted by molar-refractivity contribution is -0.0587. The van der Waals surface area contributed by atoms with Gasteiger partial charge in [-0.3, -0.25) is 4.79 Å². The topological polar surface area (TPSA) is 45.3 Å². The smallest absolute Gasteiger partial charge is 0.270 e. The van der Waals surface area contributed by atoms with Gasteiger partial charge in [0.1, 0.15) is 5.69 Å². The third-order valence-corrected chi connectivity index (χ3v) is 3.76.